The first-order valence-corrected chi connectivity index (χ1v) is 12.9. The van der Waals surface area contributed by atoms with Crippen LogP contribution in [0.3, 0.4) is 0 Å². The zero-order chi connectivity index (χ0) is 22.1. The molecule has 0 saturated carbocycles. The summed E-state index contributed by atoms with van der Waals surface area (Å²) < 4.78 is 6.92. The number of carbonyl (C=O) groups excluding carboxylic acids is 2. The minimum Gasteiger partial charge on any atom is -0.534 e. The van der Waals surface area contributed by atoms with E-state index in [1.807, 2.05) is 42.5 Å². The zero-order valence-corrected chi connectivity index (χ0v) is 18.7. The van der Waals surface area contributed by atoms with Crippen molar-refractivity contribution < 1.29 is 14.0 Å². The third-order valence-corrected chi connectivity index (χ3v) is 10.3. The van der Waals surface area contributed by atoms with Crippen LogP contribution in [0.25, 0.3) is 0 Å². The Morgan fingerprint density at radius 2 is 1.09 bits per heavy atom. The molecule has 156 valence electrons. The lowest BCUT2D eigenvalue weighted by Gasteiger charge is -2.33. The lowest BCUT2D eigenvalue weighted by atomic mass is 9.84. The summed E-state index contributed by atoms with van der Waals surface area (Å²) in [5, 5.41) is 2.25. The Morgan fingerprint density at radius 3 is 1.66 bits per heavy atom. The minimum atomic E-state index is -2.73. The predicted molar refractivity (Wildman–Crippen MR) is 129 cm³/mol. The second kappa shape index (κ2) is 8.06. The van der Waals surface area contributed by atoms with Crippen molar-refractivity contribution in [2.24, 2.45) is 0 Å². The van der Waals surface area contributed by atoms with Crippen LogP contribution in [0.2, 0.25) is 6.04 Å². The van der Waals surface area contributed by atoms with Gasteiger partial charge in [-0.25, -0.2) is 0 Å². The molecule has 0 saturated heterocycles. The number of benzene rings is 4. The molecule has 4 aromatic rings. The van der Waals surface area contributed by atoms with Crippen molar-refractivity contribution in [1.29, 1.82) is 0 Å². The molecular formula is C28H22O3Si. The zero-order valence-electron chi connectivity index (χ0n) is 17.7. The first-order chi connectivity index (χ1) is 15.7. The number of carbonyl (C=O) groups is 2. The van der Waals surface area contributed by atoms with Crippen LogP contribution in [-0.2, 0) is 0 Å². The van der Waals surface area contributed by atoms with Crippen molar-refractivity contribution in [3.63, 3.8) is 0 Å². The van der Waals surface area contributed by atoms with Gasteiger partial charge in [0, 0.05) is 16.7 Å². The molecule has 4 aromatic carbocycles. The maximum atomic E-state index is 13.5. The molecule has 1 aliphatic rings. The van der Waals surface area contributed by atoms with E-state index in [-0.39, 0.29) is 11.6 Å². The van der Waals surface area contributed by atoms with Crippen molar-refractivity contribution in [2.75, 3.05) is 0 Å². The lowest BCUT2D eigenvalue weighted by molar-refractivity contribution is 0.0977. The van der Waals surface area contributed by atoms with Gasteiger partial charge in [-0.2, -0.15) is 0 Å². The van der Waals surface area contributed by atoms with Crippen LogP contribution in [0, 0.1) is 0 Å². The predicted octanol–water partition coefficient (Wildman–Crippen LogP) is 4.62. The Hall–Kier alpha value is -3.76. The quantitative estimate of drug-likeness (QED) is 0.379. The van der Waals surface area contributed by atoms with Gasteiger partial charge >= 0.3 is 8.32 Å². The third-order valence-electron chi connectivity index (χ3n) is 6.18. The van der Waals surface area contributed by atoms with Crippen LogP contribution in [0.4, 0.5) is 0 Å². The number of fused-ring (bicyclic) bond motifs is 2. The fourth-order valence-electron chi connectivity index (χ4n) is 4.57. The van der Waals surface area contributed by atoms with Gasteiger partial charge in [-0.15, -0.1) is 0 Å². The molecule has 3 nitrogen and oxygen atoms in total. The molecule has 0 aromatic heterocycles. The highest BCUT2D eigenvalue weighted by atomic mass is 28.4. The summed E-state index contributed by atoms with van der Waals surface area (Å²) >= 11 is 0. The largest absolute Gasteiger partial charge is 0.534 e. The molecule has 0 heterocycles. The van der Waals surface area contributed by atoms with Crippen molar-refractivity contribution >= 4 is 30.3 Å². The molecule has 0 N–H and O–H groups in total. The fourth-order valence-corrected chi connectivity index (χ4v) is 8.10. The average molecular weight is 435 g/mol. The van der Waals surface area contributed by atoms with E-state index in [1.54, 1.807) is 36.4 Å². The Kier molecular flexibility index (Phi) is 5.08. The van der Waals surface area contributed by atoms with Crippen LogP contribution >= 0.6 is 0 Å². The molecule has 0 aliphatic heterocycles. The summed E-state index contributed by atoms with van der Waals surface area (Å²) in [6.07, 6.45) is 0. The van der Waals surface area contributed by atoms with Gasteiger partial charge in [0.2, 0.25) is 0 Å². The lowest BCUT2D eigenvalue weighted by Crippen LogP contribution is -2.63. The standard InChI is InChI=1S/C28H22O3Si/c1-2-32(20-12-5-3-6-13-20,21-14-7-4-8-15-21)31-25-19-11-18-24-26(25)28(30)23-17-10-9-16-22(23)27(24)29/h3-19H,2H2,1H3. The summed E-state index contributed by atoms with van der Waals surface area (Å²) in [6.45, 7) is 2.13. The van der Waals surface area contributed by atoms with Crippen LogP contribution in [0.15, 0.2) is 103 Å². The molecule has 4 heteroatoms. The van der Waals surface area contributed by atoms with E-state index < -0.39 is 8.32 Å². The summed E-state index contributed by atoms with van der Waals surface area (Å²) in [4.78, 5) is 26.7. The Morgan fingerprint density at radius 1 is 0.594 bits per heavy atom. The number of rotatable bonds is 5. The Labute approximate surface area is 188 Å². The topological polar surface area (TPSA) is 43.4 Å². The van der Waals surface area contributed by atoms with Gasteiger partial charge in [-0.05, 0) is 22.5 Å². The minimum absolute atomic E-state index is 0.135. The second-order valence-electron chi connectivity index (χ2n) is 7.90. The molecular weight excluding hydrogens is 412 g/mol. The summed E-state index contributed by atoms with van der Waals surface area (Å²) in [5.41, 5.74) is 1.66. The number of ketones is 2. The highest BCUT2D eigenvalue weighted by Gasteiger charge is 2.42. The molecule has 0 unspecified atom stereocenters. The van der Waals surface area contributed by atoms with Gasteiger partial charge in [0.1, 0.15) is 5.75 Å². The second-order valence-corrected chi connectivity index (χ2v) is 11.6. The molecule has 0 spiro atoms. The first kappa shape index (κ1) is 20.2. The van der Waals surface area contributed by atoms with Gasteiger partial charge in [0.15, 0.2) is 11.6 Å². The van der Waals surface area contributed by atoms with E-state index in [0.29, 0.717) is 28.0 Å². The Bertz CT molecular complexity index is 1270. The van der Waals surface area contributed by atoms with Crippen molar-refractivity contribution in [2.45, 2.75) is 13.0 Å². The van der Waals surface area contributed by atoms with Crippen molar-refractivity contribution in [3.05, 3.63) is 125 Å². The van der Waals surface area contributed by atoms with E-state index in [2.05, 4.69) is 31.2 Å². The van der Waals surface area contributed by atoms with Gasteiger partial charge in [0.25, 0.3) is 0 Å². The van der Waals surface area contributed by atoms with Gasteiger partial charge in [-0.1, -0.05) is 104 Å². The van der Waals surface area contributed by atoms with Crippen LogP contribution in [0.1, 0.15) is 38.8 Å². The van der Waals surface area contributed by atoms with Crippen molar-refractivity contribution in [3.8, 4) is 5.75 Å². The van der Waals surface area contributed by atoms with Gasteiger partial charge < -0.3 is 4.43 Å². The first-order valence-electron chi connectivity index (χ1n) is 10.8. The highest BCUT2D eigenvalue weighted by Crippen LogP contribution is 2.34. The van der Waals surface area contributed by atoms with E-state index in [9.17, 15) is 9.59 Å². The van der Waals surface area contributed by atoms with Gasteiger partial charge in [-0.3, -0.25) is 9.59 Å². The van der Waals surface area contributed by atoms with Crippen molar-refractivity contribution in [1.82, 2.24) is 0 Å². The van der Waals surface area contributed by atoms with Crippen LogP contribution in [-0.4, -0.2) is 19.9 Å². The molecule has 1 aliphatic carbocycles. The third kappa shape index (κ3) is 3.12. The van der Waals surface area contributed by atoms with E-state index in [4.69, 9.17) is 4.43 Å². The summed E-state index contributed by atoms with van der Waals surface area (Å²) in [7, 11) is -2.73. The highest BCUT2D eigenvalue weighted by molar-refractivity contribution is 6.98. The molecule has 5 rings (SSSR count). The molecule has 32 heavy (non-hydrogen) atoms. The average Bonchev–Trinajstić information content (AvgIpc) is 2.87. The van der Waals surface area contributed by atoms with Gasteiger partial charge in [0.05, 0.1) is 5.56 Å². The Balaban J connectivity index is 1.70. The molecule has 0 radical (unpaired) electrons. The summed E-state index contributed by atoms with van der Waals surface area (Å²) in [5.74, 6) is 0.186. The van der Waals surface area contributed by atoms with E-state index >= 15 is 0 Å². The number of hydrogen-bond acceptors (Lipinski definition) is 3. The van der Waals surface area contributed by atoms with E-state index in [0.717, 1.165) is 16.4 Å². The number of hydrogen-bond donors (Lipinski definition) is 0. The monoisotopic (exact) mass is 434 g/mol. The van der Waals surface area contributed by atoms with Crippen LogP contribution in [0.5, 0.6) is 5.75 Å². The van der Waals surface area contributed by atoms with E-state index in [1.165, 1.54) is 0 Å². The van der Waals surface area contributed by atoms with Crippen LogP contribution < -0.4 is 14.8 Å². The molecule has 0 fully saturated rings. The maximum absolute atomic E-state index is 13.5. The fraction of sp³-hybridized carbons (Fsp3) is 0.0714. The smallest absolute Gasteiger partial charge is 0.314 e. The maximum Gasteiger partial charge on any atom is 0.314 e. The molecule has 0 amide bonds. The molecule has 0 atom stereocenters. The summed E-state index contributed by atoms with van der Waals surface area (Å²) in [6, 6.07) is 33.6. The normalized spacial score (nSPS) is 12.8. The SMILES string of the molecule is CC[Si](Oc1cccc2c1C(=O)c1ccccc1C2=O)(c1ccccc1)c1ccccc1. The molecule has 0 bridgehead atoms.